The lowest BCUT2D eigenvalue weighted by atomic mass is 9.95. The van der Waals surface area contributed by atoms with Crippen molar-refractivity contribution >= 4 is 0 Å². The van der Waals surface area contributed by atoms with Gasteiger partial charge in [-0.05, 0) is 103 Å². The molecule has 1 atom stereocenters. The van der Waals surface area contributed by atoms with E-state index in [0.29, 0.717) is 0 Å². The molecule has 3 rings (SSSR count). The monoisotopic (exact) mass is 279 g/mol. The molecular formula is C17H33N3. The van der Waals surface area contributed by atoms with E-state index in [2.05, 4.69) is 15.1 Å². The molecule has 0 aromatic rings. The minimum absolute atomic E-state index is 0.975. The van der Waals surface area contributed by atoms with E-state index in [1.54, 1.807) is 0 Å². The molecule has 0 amide bonds. The van der Waals surface area contributed by atoms with Crippen molar-refractivity contribution in [3.63, 3.8) is 0 Å². The van der Waals surface area contributed by atoms with Gasteiger partial charge in [-0.3, -0.25) is 0 Å². The smallest absolute Gasteiger partial charge is 0.00106 e. The summed E-state index contributed by atoms with van der Waals surface area (Å²) in [5.74, 6) is 1.96. The second-order valence-corrected chi connectivity index (χ2v) is 7.29. The first-order valence-corrected chi connectivity index (χ1v) is 9.05. The van der Waals surface area contributed by atoms with Crippen LogP contribution in [-0.2, 0) is 0 Å². The molecule has 0 aromatic carbocycles. The molecule has 0 saturated carbocycles. The molecule has 0 spiro atoms. The molecule has 3 aliphatic rings. The first kappa shape index (κ1) is 14.8. The molecule has 0 aromatic heterocycles. The van der Waals surface area contributed by atoms with Crippen LogP contribution in [0.1, 0.15) is 44.9 Å². The summed E-state index contributed by atoms with van der Waals surface area (Å²) < 4.78 is 0. The maximum atomic E-state index is 3.48. The van der Waals surface area contributed by atoms with Crippen LogP contribution in [0.3, 0.4) is 0 Å². The number of likely N-dealkylation sites (tertiary alicyclic amines) is 2. The van der Waals surface area contributed by atoms with Crippen molar-refractivity contribution < 1.29 is 0 Å². The summed E-state index contributed by atoms with van der Waals surface area (Å²) in [6.07, 6.45) is 10.1. The molecule has 3 heteroatoms. The lowest BCUT2D eigenvalue weighted by Gasteiger charge is -2.34. The molecule has 0 bridgehead atoms. The van der Waals surface area contributed by atoms with Crippen molar-refractivity contribution in [3.05, 3.63) is 0 Å². The standard InChI is InChI=1S/C17H33N3/c1-2-10-20(9-1)15-17-6-12-19(13-7-17)11-3-4-16-5-8-18-14-16/h16-18H,1-15H2. The zero-order chi connectivity index (χ0) is 13.6. The number of nitrogens with zero attached hydrogens (tertiary/aromatic N) is 2. The van der Waals surface area contributed by atoms with Gasteiger partial charge in [0, 0.05) is 6.54 Å². The first-order chi connectivity index (χ1) is 9.90. The first-order valence-electron chi connectivity index (χ1n) is 9.05. The Hall–Kier alpha value is -0.120. The van der Waals surface area contributed by atoms with Gasteiger partial charge in [0.05, 0.1) is 0 Å². The van der Waals surface area contributed by atoms with E-state index < -0.39 is 0 Å². The van der Waals surface area contributed by atoms with Gasteiger partial charge in [-0.2, -0.15) is 0 Å². The van der Waals surface area contributed by atoms with Crippen molar-refractivity contribution in [1.29, 1.82) is 0 Å². The molecule has 3 fully saturated rings. The average Bonchev–Trinajstić information content (AvgIpc) is 3.14. The lowest BCUT2D eigenvalue weighted by molar-refractivity contribution is 0.151. The van der Waals surface area contributed by atoms with Crippen LogP contribution in [0.15, 0.2) is 0 Å². The Labute approximate surface area is 125 Å². The molecule has 0 radical (unpaired) electrons. The Kier molecular flexibility index (Phi) is 5.75. The van der Waals surface area contributed by atoms with Crippen LogP contribution in [-0.4, -0.2) is 62.2 Å². The summed E-state index contributed by atoms with van der Waals surface area (Å²) in [5.41, 5.74) is 0. The maximum Gasteiger partial charge on any atom is 0.00106 e. The quantitative estimate of drug-likeness (QED) is 0.804. The molecule has 0 aliphatic carbocycles. The summed E-state index contributed by atoms with van der Waals surface area (Å²) in [4.78, 5) is 5.43. The van der Waals surface area contributed by atoms with Crippen LogP contribution in [0.2, 0.25) is 0 Å². The Bertz CT molecular complexity index is 261. The van der Waals surface area contributed by atoms with Crippen molar-refractivity contribution in [1.82, 2.24) is 15.1 Å². The second-order valence-electron chi connectivity index (χ2n) is 7.29. The number of hydrogen-bond acceptors (Lipinski definition) is 3. The van der Waals surface area contributed by atoms with Gasteiger partial charge in [0.2, 0.25) is 0 Å². The minimum atomic E-state index is 0.975. The summed E-state index contributed by atoms with van der Waals surface area (Å²) in [6, 6.07) is 0. The molecule has 3 aliphatic heterocycles. The van der Waals surface area contributed by atoms with Crippen LogP contribution < -0.4 is 5.32 Å². The fourth-order valence-corrected chi connectivity index (χ4v) is 4.29. The van der Waals surface area contributed by atoms with Gasteiger partial charge in [0.1, 0.15) is 0 Å². The van der Waals surface area contributed by atoms with Crippen molar-refractivity contribution in [2.24, 2.45) is 11.8 Å². The zero-order valence-electron chi connectivity index (χ0n) is 13.2. The highest BCUT2D eigenvalue weighted by atomic mass is 15.2. The summed E-state index contributed by atoms with van der Waals surface area (Å²) in [7, 11) is 0. The third-order valence-corrected chi connectivity index (χ3v) is 5.67. The molecule has 3 saturated heterocycles. The van der Waals surface area contributed by atoms with Gasteiger partial charge < -0.3 is 15.1 Å². The Morgan fingerprint density at radius 3 is 2.35 bits per heavy atom. The van der Waals surface area contributed by atoms with Crippen molar-refractivity contribution in [2.45, 2.75) is 44.9 Å². The van der Waals surface area contributed by atoms with Gasteiger partial charge in [0.25, 0.3) is 0 Å². The minimum Gasteiger partial charge on any atom is -0.316 e. The number of hydrogen-bond donors (Lipinski definition) is 1. The molecular weight excluding hydrogens is 246 g/mol. The van der Waals surface area contributed by atoms with E-state index in [4.69, 9.17) is 0 Å². The van der Waals surface area contributed by atoms with Gasteiger partial charge >= 0.3 is 0 Å². The lowest BCUT2D eigenvalue weighted by Crippen LogP contribution is -2.38. The number of piperidine rings is 1. The molecule has 1 N–H and O–H groups in total. The highest BCUT2D eigenvalue weighted by Crippen LogP contribution is 2.21. The van der Waals surface area contributed by atoms with Crippen LogP contribution in [0.25, 0.3) is 0 Å². The number of rotatable bonds is 6. The van der Waals surface area contributed by atoms with Gasteiger partial charge in [-0.1, -0.05) is 0 Å². The summed E-state index contributed by atoms with van der Waals surface area (Å²) in [5, 5.41) is 3.48. The van der Waals surface area contributed by atoms with Crippen LogP contribution in [0.4, 0.5) is 0 Å². The molecule has 3 heterocycles. The maximum absolute atomic E-state index is 3.48. The molecule has 116 valence electrons. The Morgan fingerprint density at radius 1 is 0.850 bits per heavy atom. The largest absolute Gasteiger partial charge is 0.316 e. The predicted molar refractivity (Wildman–Crippen MR) is 85.0 cm³/mol. The van der Waals surface area contributed by atoms with E-state index in [-0.39, 0.29) is 0 Å². The normalized spacial score (nSPS) is 30.3. The fraction of sp³-hybridized carbons (Fsp3) is 1.00. The summed E-state index contributed by atoms with van der Waals surface area (Å²) >= 11 is 0. The van der Waals surface area contributed by atoms with E-state index in [0.717, 1.165) is 11.8 Å². The van der Waals surface area contributed by atoms with E-state index >= 15 is 0 Å². The van der Waals surface area contributed by atoms with Gasteiger partial charge in [0.15, 0.2) is 0 Å². The zero-order valence-corrected chi connectivity index (χ0v) is 13.2. The SMILES string of the molecule is C(CC1CCNC1)CN1CCC(CN2CCCC2)CC1. The highest BCUT2D eigenvalue weighted by molar-refractivity contribution is 4.78. The molecule has 3 nitrogen and oxygen atoms in total. The molecule has 1 unspecified atom stereocenters. The number of nitrogens with one attached hydrogen (secondary N) is 1. The Balaban J connectivity index is 1.26. The van der Waals surface area contributed by atoms with E-state index in [1.807, 2.05) is 0 Å². The van der Waals surface area contributed by atoms with Gasteiger partial charge in [-0.15, -0.1) is 0 Å². The van der Waals surface area contributed by atoms with E-state index in [1.165, 1.54) is 97.3 Å². The average molecular weight is 279 g/mol. The van der Waals surface area contributed by atoms with Gasteiger partial charge in [-0.25, -0.2) is 0 Å². The third kappa shape index (κ3) is 4.44. The Morgan fingerprint density at radius 2 is 1.65 bits per heavy atom. The topological polar surface area (TPSA) is 18.5 Å². The third-order valence-electron chi connectivity index (χ3n) is 5.67. The van der Waals surface area contributed by atoms with Crippen LogP contribution >= 0.6 is 0 Å². The predicted octanol–water partition coefficient (Wildman–Crippen LogP) is 2.18. The second kappa shape index (κ2) is 7.77. The van der Waals surface area contributed by atoms with Crippen LogP contribution in [0, 0.1) is 11.8 Å². The fourth-order valence-electron chi connectivity index (χ4n) is 4.29. The van der Waals surface area contributed by atoms with Crippen molar-refractivity contribution in [3.8, 4) is 0 Å². The molecule has 20 heavy (non-hydrogen) atoms. The summed E-state index contributed by atoms with van der Waals surface area (Å²) in [6.45, 7) is 10.7. The highest BCUT2D eigenvalue weighted by Gasteiger charge is 2.22. The van der Waals surface area contributed by atoms with Crippen LogP contribution in [0.5, 0.6) is 0 Å². The van der Waals surface area contributed by atoms with E-state index in [9.17, 15) is 0 Å². The van der Waals surface area contributed by atoms with Crippen molar-refractivity contribution in [2.75, 3.05) is 52.4 Å².